The van der Waals surface area contributed by atoms with Gasteiger partial charge in [0.15, 0.2) is 6.29 Å². The molecule has 0 bridgehead atoms. The van der Waals surface area contributed by atoms with Crippen molar-refractivity contribution >= 4 is 23.9 Å². The van der Waals surface area contributed by atoms with Gasteiger partial charge in [-0.3, -0.25) is 14.9 Å². The fourth-order valence-corrected chi connectivity index (χ4v) is 2.24. The van der Waals surface area contributed by atoms with Gasteiger partial charge in [0.05, 0.1) is 10.5 Å². The first-order valence-corrected chi connectivity index (χ1v) is 8.18. The molecule has 0 amide bonds. The van der Waals surface area contributed by atoms with Gasteiger partial charge in [-0.05, 0) is 32.9 Å². The molecule has 0 saturated carbocycles. The predicted octanol–water partition coefficient (Wildman–Crippen LogP) is 2.66. The zero-order valence-corrected chi connectivity index (χ0v) is 14.8. The summed E-state index contributed by atoms with van der Waals surface area (Å²) in [5, 5.41) is 13.9. The molecule has 10 nitrogen and oxygen atoms in total. The lowest BCUT2D eigenvalue weighted by Gasteiger charge is -2.19. The van der Waals surface area contributed by atoms with Crippen molar-refractivity contribution in [1.29, 1.82) is 0 Å². The monoisotopic (exact) mass is 360 g/mol. The Morgan fingerprint density at radius 2 is 1.96 bits per heavy atom. The molecule has 0 aliphatic heterocycles. The number of ether oxygens (including phenoxy) is 1. The summed E-state index contributed by atoms with van der Waals surface area (Å²) in [5.41, 5.74) is -0.377. The van der Waals surface area contributed by atoms with Gasteiger partial charge in [-0.25, -0.2) is 0 Å². The molecule has 0 unspecified atom stereocenters. The third kappa shape index (κ3) is 4.41. The van der Waals surface area contributed by atoms with Crippen LogP contribution in [-0.2, 0) is 0 Å². The maximum Gasteiger partial charge on any atom is 0.328 e. The Balaban J connectivity index is 2.38. The molecule has 2 rings (SSSR count). The molecule has 138 valence electrons. The van der Waals surface area contributed by atoms with Crippen LogP contribution in [0.1, 0.15) is 31.1 Å². The molecule has 0 fully saturated rings. The lowest BCUT2D eigenvalue weighted by atomic mass is 10.2. The molecule has 0 aliphatic carbocycles. The van der Waals surface area contributed by atoms with E-state index in [4.69, 9.17) is 4.74 Å². The van der Waals surface area contributed by atoms with Crippen LogP contribution in [0.5, 0.6) is 11.8 Å². The van der Waals surface area contributed by atoms with Crippen LogP contribution < -0.4 is 15.0 Å². The Bertz CT molecular complexity index is 794. The Kier molecular flexibility index (Phi) is 6.36. The quantitative estimate of drug-likeness (QED) is 0.408. The number of carbonyl (C=O) groups excluding carboxylic acids is 1. The zero-order chi connectivity index (χ0) is 19.1. The van der Waals surface area contributed by atoms with E-state index >= 15 is 0 Å². The maximum atomic E-state index is 11.1. The minimum Gasteiger partial charge on any atom is -0.424 e. The normalized spacial score (nSPS) is 10.3. The highest BCUT2D eigenvalue weighted by molar-refractivity contribution is 5.82. The second kappa shape index (κ2) is 8.70. The van der Waals surface area contributed by atoms with Gasteiger partial charge in [-0.2, -0.15) is 15.0 Å². The summed E-state index contributed by atoms with van der Waals surface area (Å²) in [6.45, 7) is 7.90. The number of aromatic nitrogens is 3. The number of nitro benzene ring substituents is 1. The highest BCUT2D eigenvalue weighted by Crippen LogP contribution is 2.26. The third-order valence-corrected chi connectivity index (χ3v) is 3.52. The van der Waals surface area contributed by atoms with Gasteiger partial charge < -0.3 is 15.0 Å². The van der Waals surface area contributed by atoms with Crippen LogP contribution in [0.4, 0.5) is 17.6 Å². The highest BCUT2D eigenvalue weighted by Gasteiger charge is 2.16. The van der Waals surface area contributed by atoms with Crippen molar-refractivity contribution in [1.82, 2.24) is 15.0 Å². The maximum absolute atomic E-state index is 11.1. The fourth-order valence-electron chi connectivity index (χ4n) is 2.24. The molecule has 1 N–H and O–H groups in total. The van der Waals surface area contributed by atoms with Crippen molar-refractivity contribution in [2.24, 2.45) is 0 Å². The van der Waals surface area contributed by atoms with Crippen LogP contribution in [0, 0.1) is 10.1 Å². The Hall–Kier alpha value is -3.30. The van der Waals surface area contributed by atoms with Crippen molar-refractivity contribution in [2.45, 2.75) is 20.8 Å². The Morgan fingerprint density at radius 1 is 1.23 bits per heavy atom. The predicted molar refractivity (Wildman–Crippen MR) is 96.1 cm³/mol. The first kappa shape index (κ1) is 19.0. The Labute approximate surface area is 150 Å². The van der Waals surface area contributed by atoms with Crippen LogP contribution in [0.3, 0.4) is 0 Å². The highest BCUT2D eigenvalue weighted by atomic mass is 16.6. The summed E-state index contributed by atoms with van der Waals surface area (Å²) in [6.07, 6.45) is 0.407. The number of benzene rings is 1. The van der Waals surface area contributed by atoms with E-state index in [-0.39, 0.29) is 23.0 Å². The van der Waals surface area contributed by atoms with E-state index in [1.54, 1.807) is 0 Å². The summed E-state index contributed by atoms with van der Waals surface area (Å²) in [7, 11) is 0. The Morgan fingerprint density at radius 3 is 2.54 bits per heavy atom. The van der Waals surface area contributed by atoms with E-state index < -0.39 is 4.92 Å². The summed E-state index contributed by atoms with van der Waals surface area (Å²) < 4.78 is 5.61. The van der Waals surface area contributed by atoms with Crippen LogP contribution in [0.2, 0.25) is 0 Å². The second-order valence-electron chi connectivity index (χ2n) is 5.14. The van der Waals surface area contributed by atoms with E-state index in [0.29, 0.717) is 37.8 Å². The number of aldehydes is 1. The smallest absolute Gasteiger partial charge is 0.328 e. The average Bonchev–Trinajstić information content (AvgIpc) is 2.62. The van der Waals surface area contributed by atoms with Crippen LogP contribution in [0.15, 0.2) is 18.2 Å². The van der Waals surface area contributed by atoms with Crippen molar-refractivity contribution in [3.8, 4) is 11.8 Å². The molecule has 10 heteroatoms. The standard InChI is InChI=1S/C16H20N6O4/c1-4-17-14-18-15(21(5-2)6-3)20-16(19-14)26-12-7-8-13(22(24)25)11(9-12)10-23/h7-10H,4-6H2,1-3H3,(H,17,18,19,20). The number of nitrogens with one attached hydrogen (secondary N) is 1. The van der Waals surface area contributed by atoms with E-state index in [1.165, 1.54) is 18.2 Å². The van der Waals surface area contributed by atoms with Crippen molar-refractivity contribution in [3.05, 3.63) is 33.9 Å². The number of hydrogen-bond donors (Lipinski definition) is 1. The van der Waals surface area contributed by atoms with E-state index in [2.05, 4.69) is 20.3 Å². The van der Waals surface area contributed by atoms with Crippen molar-refractivity contribution in [2.75, 3.05) is 29.9 Å². The largest absolute Gasteiger partial charge is 0.424 e. The van der Waals surface area contributed by atoms with Gasteiger partial charge in [0.25, 0.3) is 5.69 Å². The molecule has 0 aliphatic rings. The van der Waals surface area contributed by atoms with E-state index in [9.17, 15) is 14.9 Å². The molecule has 26 heavy (non-hydrogen) atoms. The number of hydrogen-bond acceptors (Lipinski definition) is 9. The van der Waals surface area contributed by atoms with Gasteiger partial charge in [0.2, 0.25) is 11.9 Å². The zero-order valence-electron chi connectivity index (χ0n) is 14.8. The second-order valence-corrected chi connectivity index (χ2v) is 5.14. The van der Waals surface area contributed by atoms with E-state index in [1.807, 2.05) is 25.7 Å². The van der Waals surface area contributed by atoms with Crippen molar-refractivity contribution in [3.63, 3.8) is 0 Å². The molecule has 0 spiro atoms. The minimum absolute atomic E-state index is 0.0311. The first-order valence-electron chi connectivity index (χ1n) is 8.18. The molecular weight excluding hydrogens is 340 g/mol. The summed E-state index contributed by atoms with van der Waals surface area (Å²) in [4.78, 5) is 36.1. The van der Waals surface area contributed by atoms with Gasteiger partial charge in [0, 0.05) is 25.7 Å². The van der Waals surface area contributed by atoms with Gasteiger partial charge >= 0.3 is 6.01 Å². The molecule has 1 aromatic heterocycles. The molecule has 0 saturated heterocycles. The molecule has 0 radical (unpaired) electrons. The summed E-state index contributed by atoms with van der Waals surface area (Å²) in [5.74, 6) is 1.03. The number of anilines is 2. The fraction of sp³-hybridized carbons (Fsp3) is 0.375. The molecule has 1 heterocycles. The minimum atomic E-state index is -0.627. The van der Waals surface area contributed by atoms with Crippen LogP contribution in [-0.4, -0.2) is 45.8 Å². The van der Waals surface area contributed by atoms with Crippen LogP contribution >= 0.6 is 0 Å². The molecule has 2 aromatic rings. The van der Waals surface area contributed by atoms with E-state index in [0.717, 1.165) is 0 Å². The number of carbonyl (C=O) groups is 1. The lowest BCUT2D eigenvalue weighted by molar-refractivity contribution is -0.385. The van der Waals surface area contributed by atoms with Crippen LogP contribution in [0.25, 0.3) is 0 Å². The molecule has 1 aromatic carbocycles. The molecular formula is C16H20N6O4. The van der Waals surface area contributed by atoms with Gasteiger partial charge in [0.1, 0.15) is 5.75 Å². The number of rotatable bonds is 9. The first-order chi connectivity index (χ1) is 12.5. The lowest BCUT2D eigenvalue weighted by Crippen LogP contribution is -2.25. The summed E-state index contributed by atoms with van der Waals surface area (Å²) in [6, 6.07) is 3.90. The summed E-state index contributed by atoms with van der Waals surface area (Å²) >= 11 is 0. The topological polar surface area (TPSA) is 123 Å². The van der Waals surface area contributed by atoms with Gasteiger partial charge in [-0.1, -0.05) is 0 Å². The average molecular weight is 360 g/mol. The van der Waals surface area contributed by atoms with Crippen molar-refractivity contribution < 1.29 is 14.5 Å². The third-order valence-electron chi connectivity index (χ3n) is 3.52. The molecule has 0 atom stereocenters. The number of nitro groups is 1. The number of nitrogens with zero attached hydrogens (tertiary/aromatic N) is 5. The van der Waals surface area contributed by atoms with Gasteiger partial charge in [-0.15, -0.1) is 0 Å². The SMILES string of the molecule is CCNc1nc(Oc2ccc([N+](=O)[O-])c(C=O)c2)nc(N(CC)CC)n1.